The van der Waals surface area contributed by atoms with Crippen molar-refractivity contribution < 1.29 is 22.3 Å². The zero-order valence-corrected chi connectivity index (χ0v) is 11.9. The van der Waals surface area contributed by atoms with E-state index in [0.29, 0.717) is 16.7 Å². The number of halogens is 4. The average Bonchev–Trinajstić information content (AvgIpc) is 2.68. The van der Waals surface area contributed by atoms with Crippen LogP contribution in [0.15, 0.2) is 27.4 Å². The largest absolute Gasteiger partial charge is 0.419 e. The van der Waals surface area contributed by atoms with E-state index in [9.17, 15) is 18.0 Å². The maximum absolute atomic E-state index is 11.9. The standard InChI is InChI=1S/C13H13ClF3NO3/c1-18-10-3-2-8(6-11(10)21-12(18)19)9(14)4-5-20-7-13(15,16)17/h2-3,6,9H,4-5,7H2,1H3. The van der Waals surface area contributed by atoms with E-state index in [-0.39, 0.29) is 13.0 Å². The average molecular weight is 324 g/mol. The van der Waals surface area contributed by atoms with E-state index in [1.165, 1.54) is 4.57 Å². The summed E-state index contributed by atoms with van der Waals surface area (Å²) in [6, 6.07) is 5.00. The Morgan fingerprint density at radius 2 is 2.14 bits per heavy atom. The SMILES string of the molecule is Cn1c(=O)oc2cc(C(Cl)CCOCC(F)(F)F)ccc21. The minimum Gasteiger partial charge on any atom is -0.408 e. The van der Waals surface area contributed by atoms with Crippen molar-refractivity contribution in [2.75, 3.05) is 13.2 Å². The fraction of sp³-hybridized carbons (Fsp3) is 0.462. The zero-order chi connectivity index (χ0) is 15.6. The first-order valence-corrected chi connectivity index (χ1v) is 6.59. The predicted molar refractivity (Wildman–Crippen MR) is 71.5 cm³/mol. The van der Waals surface area contributed by atoms with Gasteiger partial charge in [0, 0.05) is 13.7 Å². The maximum atomic E-state index is 11.9. The van der Waals surface area contributed by atoms with Gasteiger partial charge in [-0.2, -0.15) is 13.2 Å². The molecule has 116 valence electrons. The number of benzene rings is 1. The molecular formula is C13H13ClF3NO3. The minimum absolute atomic E-state index is 0.107. The van der Waals surface area contributed by atoms with Gasteiger partial charge in [0.05, 0.1) is 10.9 Å². The second-order valence-corrected chi connectivity index (χ2v) is 5.10. The van der Waals surface area contributed by atoms with Gasteiger partial charge in [0.25, 0.3) is 0 Å². The third kappa shape index (κ3) is 4.01. The Hall–Kier alpha value is -1.47. The van der Waals surface area contributed by atoms with Gasteiger partial charge in [-0.3, -0.25) is 4.57 Å². The first-order valence-electron chi connectivity index (χ1n) is 6.16. The number of hydrogen-bond acceptors (Lipinski definition) is 3. The molecule has 0 radical (unpaired) electrons. The molecule has 0 N–H and O–H groups in total. The number of nitrogens with zero attached hydrogens (tertiary/aromatic N) is 1. The zero-order valence-electron chi connectivity index (χ0n) is 11.1. The van der Waals surface area contributed by atoms with Gasteiger partial charge in [-0.15, -0.1) is 11.6 Å². The van der Waals surface area contributed by atoms with Crippen molar-refractivity contribution in [3.05, 3.63) is 34.3 Å². The number of aromatic nitrogens is 1. The fourth-order valence-electron chi connectivity index (χ4n) is 1.89. The first kappa shape index (κ1) is 15.9. The van der Waals surface area contributed by atoms with Crippen LogP contribution in [0.4, 0.5) is 13.2 Å². The highest BCUT2D eigenvalue weighted by Gasteiger charge is 2.27. The summed E-state index contributed by atoms with van der Waals surface area (Å²) in [5, 5.41) is -0.520. The van der Waals surface area contributed by atoms with Gasteiger partial charge >= 0.3 is 11.9 Å². The van der Waals surface area contributed by atoms with Crippen LogP contribution in [0.5, 0.6) is 0 Å². The number of ether oxygens (including phenoxy) is 1. The number of fused-ring (bicyclic) bond motifs is 1. The number of rotatable bonds is 5. The molecule has 0 fully saturated rings. The number of aryl methyl sites for hydroxylation is 1. The normalized spacial score (nSPS) is 13.8. The molecule has 0 amide bonds. The van der Waals surface area contributed by atoms with Crippen molar-refractivity contribution >= 4 is 22.7 Å². The Morgan fingerprint density at radius 3 is 2.81 bits per heavy atom. The Kier molecular flexibility index (Phi) is 4.63. The van der Waals surface area contributed by atoms with Crippen LogP contribution in [-0.4, -0.2) is 24.0 Å². The predicted octanol–water partition coefficient (Wildman–Crippen LogP) is 3.38. The Morgan fingerprint density at radius 1 is 1.43 bits per heavy atom. The van der Waals surface area contributed by atoms with Crippen molar-refractivity contribution in [2.24, 2.45) is 7.05 Å². The van der Waals surface area contributed by atoms with E-state index in [1.54, 1.807) is 25.2 Å². The molecule has 0 spiro atoms. The van der Waals surface area contributed by atoms with Crippen molar-refractivity contribution in [2.45, 2.75) is 18.0 Å². The van der Waals surface area contributed by atoms with E-state index in [1.807, 2.05) is 0 Å². The summed E-state index contributed by atoms with van der Waals surface area (Å²) in [6.07, 6.45) is -4.12. The van der Waals surface area contributed by atoms with Crippen LogP contribution in [0.3, 0.4) is 0 Å². The Balaban J connectivity index is 1.99. The number of alkyl halides is 4. The van der Waals surface area contributed by atoms with Crippen molar-refractivity contribution in [3.63, 3.8) is 0 Å². The van der Waals surface area contributed by atoms with Crippen LogP contribution in [0.2, 0.25) is 0 Å². The van der Waals surface area contributed by atoms with Crippen LogP contribution in [0.1, 0.15) is 17.4 Å². The van der Waals surface area contributed by atoms with E-state index < -0.39 is 23.9 Å². The Labute approximate surface area is 123 Å². The van der Waals surface area contributed by atoms with Gasteiger partial charge in [0.15, 0.2) is 5.58 Å². The van der Waals surface area contributed by atoms with E-state index in [4.69, 9.17) is 16.0 Å². The highest BCUT2D eigenvalue weighted by molar-refractivity contribution is 6.20. The molecule has 1 heterocycles. The maximum Gasteiger partial charge on any atom is 0.419 e. The first-order chi connectivity index (χ1) is 9.78. The van der Waals surface area contributed by atoms with E-state index in [0.717, 1.165) is 0 Å². The monoisotopic (exact) mass is 323 g/mol. The highest BCUT2D eigenvalue weighted by atomic mass is 35.5. The molecular weight excluding hydrogens is 311 g/mol. The molecule has 1 aromatic heterocycles. The summed E-state index contributed by atoms with van der Waals surface area (Å²) >= 11 is 6.12. The molecule has 2 rings (SSSR count). The van der Waals surface area contributed by atoms with Gasteiger partial charge in [0.1, 0.15) is 6.61 Å². The third-order valence-electron chi connectivity index (χ3n) is 2.96. The molecule has 4 nitrogen and oxygen atoms in total. The summed E-state index contributed by atoms with van der Waals surface area (Å²) in [5.74, 6) is -0.484. The van der Waals surface area contributed by atoms with Gasteiger partial charge < -0.3 is 9.15 Å². The Bertz CT molecular complexity index is 677. The molecule has 0 aliphatic rings. The van der Waals surface area contributed by atoms with Crippen LogP contribution < -0.4 is 5.76 Å². The molecule has 2 aromatic rings. The lowest BCUT2D eigenvalue weighted by atomic mass is 10.1. The lowest BCUT2D eigenvalue weighted by molar-refractivity contribution is -0.174. The molecule has 0 bridgehead atoms. The highest BCUT2D eigenvalue weighted by Crippen LogP contribution is 2.27. The molecule has 1 atom stereocenters. The topological polar surface area (TPSA) is 44.4 Å². The van der Waals surface area contributed by atoms with Crippen LogP contribution in [-0.2, 0) is 11.8 Å². The summed E-state index contributed by atoms with van der Waals surface area (Å²) in [4.78, 5) is 11.4. The van der Waals surface area contributed by atoms with E-state index in [2.05, 4.69) is 4.74 Å². The molecule has 0 saturated heterocycles. The van der Waals surface area contributed by atoms with E-state index >= 15 is 0 Å². The second-order valence-electron chi connectivity index (χ2n) is 4.58. The summed E-state index contributed by atoms with van der Waals surface area (Å²) in [7, 11) is 1.58. The lowest BCUT2D eigenvalue weighted by Crippen LogP contribution is -2.17. The van der Waals surface area contributed by atoms with Gasteiger partial charge in [-0.05, 0) is 24.1 Å². The van der Waals surface area contributed by atoms with Gasteiger partial charge in [-0.25, -0.2) is 4.79 Å². The van der Waals surface area contributed by atoms with Gasteiger partial charge in [0.2, 0.25) is 0 Å². The van der Waals surface area contributed by atoms with Crippen LogP contribution >= 0.6 is 11.6 Å². The van der Waals surface area contributed by atoms with Crippen molar-refractivity contribution in [1.82, 2.24) is 4.57 Å². The van der Waals surface area contributed by atoms with Crippen LogP contribution in [0.25, 0.3) is 11.1 Å². The molecule has 1 unspecified atom stereocenters. The molecule has 21 heavy (non-hydrogen) atoms. The third-order valence-corrected chi connectivity index (χ3v) is 3.43. The minimum atomic E-state index is -4.34. The van der Waals surface area contributed by atoms with Crippen molar-refractivity contribution in [3.8, 4) is 0 Å². The summed E-state index contributed by atoms with van der Waals surface area (Å²) in [5.41, 5.74) is 1.68. The molecule has 8 heteroatoms. The fourth-order valence-corrected chi connectivity index (χ4v) is 2.11. The summed E-state index contributed by atoms with van der Waals surface area (Å²) < 4.78 is 46.6. The molecule has 0 aliphatic carbocycles. The lowest BCUT2D eigenvalue weighted by Gasteiger charge is -2.11. The van der Waals surface area contributed by atoms with Crippen molar-refractivity contribution in [1.29, 1.82) is 0 Å². The molecule has 1 aromatic carbocycles. The number of hydrogen-bond donors (Lipinski definition) is 0. The molecule has 0 saturated carbocycles. The summed E-state index contributed by atoms with van der Waals surface area (Å²) in [6.45, 7) is -1.40. The second kappa shape index (κ2) is 6.11. The quantitative estimate of drug-likeness (QED) is 0.626. The molecule has 0 aliphatic heterocycles. The van der Waals surface area contributed by atoms with Gasteiger partial charge in [-0.1, -0.05) is 6.07 Å². The number of oxazole rings is 1. The van der Waals surface area contributed by atoms with Crippen LogP contribution in [0, 0.1) is 0 Å². The smallest absolute Gasteiger partial charge is 0.408 e.